The fourth-order valence-corrected chi connectivity index (χ4v) is 5.52. The van der Waals surface area contributed by atoms with Crippen LogP contribution >= 0.6 is 0 Å². The molecule has 1 aliphatic carbocycles. The van der Waals surface area contributed by atoms with Crippen LogP contribution in [0.1, 0.15) is 29.7 Å². The number of hydrogen-bond acceptors (Lipinski definition) is 4. The van der Waals surface area contributed by atoms with Crippen molar-refractivity contribution in [3.63, 3.8) is 0 Å². The molecule has 5 rings (SSSR count). The summed E-state index contributed by atoms with van der Waals surface area (Å²) < 4.78 is 46.0. The SMILES string of the molecule is Cc1nn(C)cc1[C@@]12C[C@]1(C(=O)Nc1ccc(C(F)(F)F)cc1)[C@H]1C[C@H](O)[C@@H]2O1. The maximum atomic E-state index is 13.3. The number of aliphatic hydroxyl groups is 1. The number of nitrogens with one attached hydrogen (secondary N) is 1. The van der Waals surface area contributed by atoms with Crippen molar-refractivity contribution in [2.75, 3.05) is 5.32 Å². The third kappa shape index (κ3) is 2.31. The van der Waals surface area contributed by atoms with Gasteiger partial charge in [0.05, 0.1) is 35.0 Å². The lowest BCUT2D eigenvalue weighted by Crippen LogP contribution is -2.44. The first-order valence-electron chi connectivity index (χ1n) is 9.42. The van der Waals surface area contributed by atoms with Gasteiger partial charge in [-0.25, -0.2) is 0 Å². The van der Waals surface area contributed by atoms with Crippen LogP contribution in [-0.4, -0.2) is 39.1 Å². The molecule has 1 amide bonds. The normalized spacial score (nSPS) is 34.9. The van der Waals surface area contributed by atoms with Crippen LogP contribution in [0.25, 0.3) is 0 Å². The molecule has 5 atom stereocenters. The van der Waals surface area contributed by atoms with Gasteiger partial charge in [-0.15, -0.1) is 0 Å². The fourth-order valence-electron chi connectivity index (χ4n) is 5.52. The Labute approximate surface area is 164 Å². The summed E-state index contributed by atoms with van der Waals surface area (Å²) in [6.07, 6.45) is -3.27. The lowest BCUT2D eigenvalue weighted by atomic mass is 9.74. The van der Waals surface area contributed by atoms with Crippen LogP contribution in [0.15, 0.2) is 30.5 Å². The molecule has 2 N–H and O–H groups in total. The molecule has 154 valence electrons. The first kappa shape index (κ1) is 18.6. The molecule has 9 heteroatoms. The summed E-state index contributed by atoms with van der Waals surface area (Å²) in [6.45, 7) is 1.86. The number of nitrogens with zero attached hydrogens (tertiary/aromatic N) is 2. The van der Waals surface area contributed by atoms with E-state index in [0.29, 0.717) is 18.5 Å². The van der Waals surface area contributed by atoms with E-state index >= 15 is 0 Å². The zero-order chi connectivity index (χ0) is 20.8. The molecule has 0 spiro atoms. The summed E-state index contributed by atoms with van der Waals surface area (Å²) in [6, 6.07) is 4.39. The van der Waals surface area contributed by atoms with Crippen molar-refractivity contribution in [1.82, 2.24) is 9.78 Å². The van der Waals surface area contributed by atoms with Crippen molar-refractivity contribution >= 4 is 11.6 Å². The van der Waals surface area contributed by atoms with E-state index < -0.39 is 40.9 Å². The Kier molecular flexibility index (Phi) is 3.60. The average molecular weight is 407 g/mol. The maximum absolute atomic E-state index is 13.3. The molecule has 2 aromatic rings. The van der Waals surface area contributed by atoms with Crippen molar-refractivity contribution in [1.29, 1.82) is 0 Å². The molecule has 1 saturated carbocycles. The molecule has 1 aromatic heterocycles. The van der Waals surface area contributed by atoms with E-state index in [4.69, 9.17) is 4.74 Å². The first-order chi connectivity index (χ1) is 13.6. The van der Waals surface area contributed by atoms with Gasteiger partial charge in [0.15, 0.2) is 0 Å². The van der Waals surface area contributed by atoms with Gasteiger partial charge in [-0.1, -0.05) is 0 Å². The molecule has 0 unspecified atom stereocenters. The number of rotatable bonds is 3. The van der Waals surface area contributed by atoms with Gasteiger partial charge in [-0.2, -0.15) is 18.3 Å². The van der Waals surface area contributed by atoms with E-state index in [2.05, 4.69) is 10.4 Å². The van der Waals surface area contributed by atoms with Crippen molar-refractivity contribution in [3.8, 4) is 0 Å². The quantitative estimate of drug-likeness (QED) is 0.820. The van der Waals surface area contributed by atoms with Gasteiger partial charge in [0.25, 0.3) is 0 Å². The summed E-state index contributed by atoms with van der Waals surface area (Å²) >= 11 is 0. The van der Waals surface area contributed by atoms with E-state index in [1.807, 2.05) is 13.1 Å². The first-order valence-corrected chi connectivity index (χ1v) is 9.42. The highest BCUT2D eigenvalue weighted by Crippen LogP contribution is 2.78. The van der Waals surface area contributed by atoms with Gasteiger partial charge < -0.3 is 15.2 Å². The summed E-state index contributed by atoms with van der Waals surface area (Å²) in [7, 11) is 1.80. The lowest BCUT2D eigenvalue weighted by molar-refractivity contribution is -0.137. The maximum Gasteiger partial charge on any atom is 0.416 e. The second kappa shape index (κ2) is 5.60. The van der Waals surface area contributed by atoms with Crippen molar-refractivity contribution < 1.29 is 27.8 Å². The second-order valence-corrected chi connectivity index (χ2v) is 8.30. The molecular weight excluding hydrogens is 387 g/mol. The number of fused-ring (bicyclic) bond motifs is 5. The molecule has 0 radical (unpaired) electrons. The number of aromatic nitrogens is 2. The summed E-state index contributed by atoms with van der Waals surface area (Å²) in [4.78, 5) is 13.3. The third-order valence-electron chi connectivity index (χ3n) is 6.75. The van der Waals surface area contributed by atoms with Crippen LogP contribution in [0, 0.1) is 12.3 Å². The highest BCUT2D eigenvalue weighted by molar-refractivity contribution is 6.01. The molecule has 3 fully saturated rings. The molecule has 1 aromatic carbocycles. The standard InChI is InChI=1S/C20H20F3N3O3/c1-10-13(8-26(2)25-10)18-9-19(18,15-7-14(27)16(18)29-15)17(28)24-12-5-3-11(4-6-12)20(21,22)23/h3-6,8,14-16,27H,7,9H2,1-2H3,(H,24,28)/t14-,15+,16-,18+,19+/m0/s1. The minimum atomic E-state index is -4.43. The lowest BCUT2D eigenvalue weighted by Gasteiger charge is -2.29. The summed E-state index contributed by atoms with van der Waals surface area (Å²) in [5, 5.41) is 17.6. The van der Waals surface area contributed by atoms with Gasteiger partial charge in [0, 0.05) is 36.3 Å². The largest absolute Gasteiger partial charge is 0.416 e. The Balaban J connectivity index is 1.47. The summed E-state index contributed by atoms with van der Waals surface area (Å²) in [5.74, 6) is -0.292. The van der Waals surface area contributed by atoms with Crippen LogP contribution in [0.5, 0.6) is 0 Å². The van der Waals surface area contributed by atoms with Gasteiger partial charge in [-0.05, 0) is 37.6 Å². The number of aryl methyl sites for hydroxylation is 2. The number of hydrogen-bond donors (Lipinski definition) is 2. The number of benzene rings is 1. The number of alkyl halides is 3. The number of anilines is 1. The molecule has 3 aliphatic rings. The number of carbonyl (C=O) groups excluding carboxylic acids is 1. The Hall–Kier alpha value is -2.39. The fraction of sp³-hybridized carbons (Fsp3) is 0.500. The van der Waals surface area contributed by atoms with Gasteiger partial charge in [0.1, 0.15) is 0 Å². The smallest absolute Gasteiger partial charge is 0.390 e. The number of ether oxygens (including phenoxy) is 1. The van der Waals surface area contributed by atoms with Crippen molar-refractivity contribution in [2.45, 2.75) is 49.7 Å². The van der Waals surface area contributed by atoms with Gasteiger partial charge in [-0.3, -0.25) is 9.48 Å². The van der Waals surface area contributed by atoms with Crippen LogP contribution in [0.3, 0.4) is 0 Å². The predicted octanol–water partition coefficient (Wildman–Crippen LogP) is 2.55. The highest BCUT2D eigenvalue weighted by atomic mass is 19.4. The zero-order valence-electron chi connectivity index (χ0n) is 15.8. The van der Waals surface area contributed by atoms with Gasteiger partial charge in [0.2, 0.25) is 5.91 Å². The summed E-state index contributed by atoms with van der Waals surface area (Å²) in [5.41, 5.74) is -0.332. The Morgan fingerprint density at radius 1 is 1.34 bits per heavy atom. The molecular formula is C20H20F3N3O3. The molecule has 3 heterocycles. The predicted molar refractivity (Wildman–Crippen MR) is 96.0 cm³/mol. The minimum absolute atomic E-state index is 0.292. The van der Waals surface area contributed by atoms with E-state index in [-0.39, 0.29) is 5.91 Å². The van der Waals surface area contributed by atoms with E-state index in [0.717, 1.165) is 23.4 Å². The Morgan fingerprint density at radius 2 is 2.03 bits per heavy atom. The number of aliphatic hydroxyl groups excluding tert-OH is 1. The Bertz CT molecular complexity index is 1000. The van der Waals surface area contributed by atoms with E-state index in [1.54, 1.807) is 11.7 Å². The molecule has 6 nitrogen and oxygen atoms in total. The molecule has 2 aliphatic heterocycles. The van der Waals surface area contributed by atoms with Crippen LogP contribution in [-0.2, 0) is 28.2 Å². The van der Waals surface area contributed by atoms with Crippen LogP contribution in [0.2, 0.25) is 0 Å². The average Bonchev–Trinajstić information content (AvgIpc) is 2.86. The Morgan fingerprint density at radius 3 is 2.62 bits per heavy atom. The van der Waals surface area contributed by atoms with Gasteiger partial charge >= 0.3 is 6.18 Å². The highest BCUT2D eigenvalue weighted by Gasteiger charge is 2.87. The van der Waals surface area contributed by atoms with Crippen LogP contribution in [0.4, 0.5) is 18.9 Å². The monoisotopic (exact) mass is 407 g/mol. The topological polar surface area (TPSA) is 76.4 Å². The number of amides is 1. The van der Waals surface area contributed by atoms with E-state index in [9.17, 15) is 23.1 Å². The number of carbonyl (C=O) groups is 1. The third-order valence-corrected chi connectivity index (χ3v) is 6.75. The second-order valence-electron chi connectivity index (χ2n) is 8.30. The minimum Gasteiger partial charge on any atom is -0.390 e. The number of halogens is 3. The molecule has 2 bridgehead atoms. The zero-order valence-corrected chi connectivity index (χ0v) is 15.8. The van der Waals surface area contributed by atoms with Crippen molar-refractivity contribution in [3.05, 3.63) is 47.3 Å². The molecule has 29 heavy (non-hydrogen) atoms. The molecule has 2 saturated heterocycles. The van der Waals surface area contributed by atoms with E-state index in [1.165, 1.54) is 12.1 Å². The van der Waals surface area contributed by atoms with Crippen LogP contribution < -0.4 is 5.32 Å². The van der Waals surface area contributed by atoms with Crippen molar-refractivity contribution in [2.24, 2.45) is 12.5 Å².